The Hall–Kier alpha value is -0.820. The van der Waals surface area contributed by atoms with Crippen LogP contribution in [-0.2, 0) is 17.3 Å². The van der Waals surface area contributed by atoms with Gasteiger partial charge >= 0.3 is 0 Å². The first-order valence-corrected chi connectivity index (χ1v) is 6.41. The van der Waals surface area contributed by atoms with Gasteiger partial charge in [-0.05, 0) is 33.9 Å². The van der Waals surface area contributed by atoms with E-state index in [4.69, 9.17) is 0 Å². The lowest BCUT2D eigenvalue weighted by Crippen LogP contribution is -2.21. The zero-order valence-electron chi connectivity index (χ0n) is 12.1. The maximum atomic E-state index is 9.30. The van der Waals surface area contributed by atoms with Gasteiger partial charge in [0.2, 0.25) is 0 Å². The Morgan fingerprint density at radius 2 is 1.29 bits per heavy atom. The van der Waals surface area contributed by atoms with Crippen LogP contribution in [0.5, 0.6) is 0 Å². The molecule has 0 aromatic heterocycles. The summed E-state index contributed by atoms with van der Waals surface area (Å²) in [5.74, 6) is 0. The highest BCUT2D eigenvalue weighted by Crippen LogP contribution is 2.33. The van der Waals surface area contributed by atoms with E-state index in [2.05, 4.69) is 59.7 Å². The van der Waals surface area contributed by atoms with E-state index in [0.29, 0.717) is 0 Å². The molecule has 0 heterocycles. The molecule has 0 atom stereocenters. The van der Waals surface area contributed by atoms with Crippen LogP contribution in [0.2, 0.25) is 0 Å². The third-order valence-electron chi connectivity index (χ3n) is 3.15. The van der Waals surface area contributed by atoms with Crippen LogP contribution in [-0.4, -0.2) is 11.7 Å². The molecule has 1 N–H and O–H groups in total. The molecule has 1 aromatic rings. The molecule has 0 bridgehead atoms. The molecule has 0 aliphatic rings. The quantitative estimate of drug-likeness (QED) is 0.825. The average molecular weight is 234 g/mol. The minimum atomic E-state index is 0.131. The van der Waals surface area contributed by atoms with Crippen LogP contribution in [0.3, 0.4) is 0 Å². The molecule has 0 spiro atoms. The molecule has 0 unspecified atom stereocenters. The number of hydrogen-bond donors (Lipinski definition) is 1. The molecule has 0 saturated carbocycles. The first-order valence-electron chi connectivity index (χ1n) is 6.41. The van der Waals surface area contributed by atoms with E-state index in [1.807, 2.05) is 0 Å². The van der Waals surface area contributed by atoms with Gasteiger partial charge in [-0.1, -0.05) is 59.7 Å². The molecular formula is C16H26O. The van der Waals surface area contributed by atoms with Gasteiger partial charge in [0.05, 0.1) is 0 Å². The third kappa shape index (κ3) is 3.32. The molecule has 1 aromatic carbocycles. The van der Waals surface area contributed by atoms with Crippen molar-refractivity contribution >= 4 is 0 Å². The largest absolute Gasteiger partial charge is 0.396 e. The second kappa shape index (κ2) is 4.81. The minimum absolute atomic E-state index is 0.131. The standard InChI is InChI=1S/C16H26O/c1-15(2,3)13-8-7-9-14(16(4,5)6)12(13)10-11-17/h7-9,17H,10-11H2,1-6H3. The zero-order chi connectivity index (χ0) is 13.3. The highest BCUT2D eigenvalue weighted by Gasteiger charge is 2.24. The van der Waals surface area contributed by atoms with Crippen LogP contribution >= 0.6 is 0 Å². The molecule has 0 aliphatic heterocycles. The van der Waals surface area contributed by atoms with Gasteiger partial charge in [-0.15, -0.1) is 0 Å². The van der Waals surface area contributed by atoms with E-state index in [9.17, 15) is 5.11 Å². The Morgan fingerprint density at radius 3 is 1.59 bits per heavy atom. The maximum absolute atomic E-state index is 9.30. The number of hydrogen-bond acceptors (Lipinski definition) is 1. The van der Waals surface area contributed by atoms with Gasteiger partial charge < -0.3 is 5.11 Å². The predicted molar refractivity (Wildman–Crippen MR) is 74.6 cm³/mol. The number of aliphatic hydroxyl groups excluding tert-OH is 1. The first-order chi connectivity index (χ1) is 7.68. The fourth-order valence-corrected chi connectivity index (χ4v) is 2.37. The van der Waals surface area contributed by atoms with Gasteiger partial charge in [0.15, 0.2) is 0 Å². The average Bonchev–Trinajstić information content (AvgIpc) is 2.15. The smallest absolute Gasteiger partial charge is 0.0471 e. The van der Waals surface area contributed by atoms with E-state index < -0.39 is 0 Å². The maximum Gasteiger partial charge on any atom is 0.0471 e. The second-order valence-electron chi connectivity index (χ2n) is 6.81. The summed E-state index contributed by atoms with van der Waals surface area (Å²) in [5.41, 5.74) is 4.31. The van der Waals surface area contributed by atoms with E-state index >= 15 is 0 Å². The predicted octanol–water partition coefficient (Wildman–Crippen LogP) is 3.82. The van der Waals surface area contributed by atoms with Gasteiger partial charge in [0.25, 0.3) is 0 Å². The molecule has 1 heteroatoms. The summed E-state index contributed by atoms with van der Waals surface area (Å²) in [7, 11) is 0. The molecule has 1 nitrogen and oxygen atoms in total. The summed E-state index contributed by atoms with van der Waals surface area (Å²) < 4.78 is 0. The van der Waals surface area contributed by atoms with Gasteiger partial charge in [0, 0.05) is 6.61 Å². The molecule has 0 aliphatic carbocycles. The Kier molecular flexibility index (Phi) is 4.03. The Morgan fingerprint density at radius 1 is 0.882 bits per heavy atom. The fourth-order valence-electron chi connectivity index (χ4n) is 2.37. The lowest BCUT2D eigenvalue weighted by molar-refractivity contribution is 0.297. The SMILES string of the molecule is CC(C)(C)c1cccc(C(C)(C)C)c1CCO. The summed E-state index contributed by atoms with van der Waals surface area (Å²) >= 11 is 0. The van der Waals surface area contributed by atoms with Crippen LogP contribution in [0.15, 0.2) is 18.2 Å². The lowest BCUT2D eigenvalue weighted by atomic mass is 9.75. The highest BCUT2D eigenvalue weighted by molar-refractivity contribution is 5.42. The van der Waals surface area contributed by atoms with Crippen molar-refractivity contribution in [3.63, 3.8) is 0 Å². The van der Waals surface area contributed by atoms with Crippen LogP contribution < -0.4 is 0 Å². The highest BCUT2D eigenvalue weighted by atomic mass is 16.2. The molecule has 96 valence electrons. The van der Waals surface area contributed by atoms with Crippen LogP contribution in [0.4, 0.5) is 0 Å². The normalized spacial score (nSPS) is 12.9. The molecule has 0 radical (unpaired) electrons. The number of benzene rings is 1. The molecular weight excluding hydrogens is 208 g/mol. The monoisotopic (exact) mass is 234 g/mol. The number of rotatable bonds is 2. The fraction of sp³-hybridized carbons (Fsp3) is 0.625. The van der Waals surface area contributed by atoms with Crippen LogP contribution in [0.25, 0.3) is 0 Å². The van der Waals surface area contributed by atoms with Crippen molar-refractivity contribution in [3.05, 3.63) is 34.9 Å². The molecule has 0 amide bonds. The van der Waals surface area contributed by atoms with Crippen LogP contribution in [0, 0.1) is 0 Å². The van der Waals surface area contributed by atoms with Crippen molar-refractivity contribution in [2.45, 2.75) is 58.8 Å². The van der Waals surface area contributed by atoms with Gasteiger partial charge in [0.1, 0.15) is 0 Å². The van der Waals surface area contributed by atoms with Crippen molar-refractivity contribution in [1.29, 1.82) is 0 Å². The molecule has 0 fully saturated rings. The topological polar surface area (TPSA) is 20.2 Å². The van der Waals surface area contributed by atoms with Gasteiger partial charge in [-0.2, -0.15) is 0 Å². The third-order valence-corrected chi connectivity index (χ3v) is 3.15. The minimum Gasteiger partial charge on any atom is -0.396 e. The molecule has 1 rings (SSSR count). The Labute approximate surface area is 106 Å². The summed E-state index contributed by atoms with van der Waals surface area (Å²) in [5, 5.41) is 9.30. The van der Waals surface area contributed by atoms with Crippen molar-refractivity contribution in [2.75, 3.05) is 6.61 Å². The van der Waals surface area contributed by atoms with Crippen molar-refractivity contribution < 1.29 is 5.11 Å². The summed E-state index contributed by atoms with van der Waals surface area (Å²) in [6.45, 7) is 13.6. The van der Waals surface area contributed by atoms with Gasteiger partial charge in [-0.25, -0.2) is 0 Å². The van der Waals surface area contributed by atoms with E-state index in [0.717, 1.165) is 6.42 Å². The van der Waals surface area contributed by atoms with Crippen molar-refractivity contribution in [3.8, 4) is 0 Å². The second-order valence-corrected chi connectivity index (χ2v) is 6.81. The Bertz CT molecular complexity index is 345. The van der Waals surface area contributed by atoms with Crippen LogP contribution in [0.1, 0.15) is 58.2 Å². The Balaban J connectivity index is 3.43. The summed E-state index contributed by atoms with van der Waals surface area (Å²) in [4.78, 5) is 0. The summed E-state index contributed by atoms with van der Waals surface area (Å²) in [6, 6.07) is 6.53. The van der Waals surface area contributed by atoms with Gasteiger partial charge in [-0.3, -0.25) is 0 Å². The van der Waals surface area contributed by atoms with E-state index in [-0.39, 0.29) is 17.4 Å². The molecule has 17 heavy (non-hydrogen) atoms. The van der Waals surface area contributed by atoms with E-state index in [1.165, 1.54) is 16.7 Å². The first kappa shape index (κ1) is 14.2. The zero-order valence-corrected chi connectivity index (χ0v) is 12.1. The van der Waals surface area contributed by atoms with Crippen molar-refractivity contribution in [2.24, 2.45) is 0 Å². The summed E-state index contributed by atoms with van der Waals surface area (Å²) in [6.07, 6.45) is 0.750. The molecule has 0 saturated heterocycles. The lowest BCUT2D eigenvalue weighted by Gasteiger charge is -2.29. The van der Waals surface area contributed by atoms with E-state index in [1.54, 1.807) is 0 Å². The van der Waals surface area contributed by atoms with Crippen molar-refractivity contribution in [1.82, 2.24) is 0 Å². The number of aliphatic hydroxyl groups is 1.